The summed E-state index contributed by atoms with van der Waals surface area (Å²) < 4.78 is 0. The Balaban J connectivity index is 2.72. The third-order valence-electron chi connectivity index (χ3n) is 4.59. The van der Waals surface area contributed by atoms with Gasteiger partial charge in [-0.15, -0.1) is 0 Å². The molecule has 0 aliphatic carbocycles. The van der Waals surface area contributed by atoms with Gasteiger partial charge >= 0.3 is 11.9 Å². The zero-order valence-corrected chi connectivity index (χ0v) is 20.2. The second kappa shape index (κ2) is 13.7. The molecule has 2 aromatic carbocycles. The van der Waals surface area contributed by atoms with Gasteiger partial charge in [-0.1, -0.05) is 13.2 Å². The molecule has 38 heavy (non-hydrogen) atoms. The number of phenols is 2. The minimum absolute atomic E-state index is 0.119. The lowest BCUT2D eigenvalue weighted by Crippen LogP contribution is -2.01. The van der Waals surface area contributed by atoms with Crippen LogP contribution in [0, 0.1) is 0 Å². The van der Waals surface area contributed by atoms with Gasteiger partial charge in [-0.3, -0.25) is 29.6 Å². The van der Waals surface area contributed by atoms with E-state index in [2.05, 4.69) is 33.1 Å². The van der Waals surface area contributed by atoms with E-state index in [0.717, 1.165) is 0 Å². The molecule has 6 N–H and O–H groups in total. The standard InChI is InChI=1S/C26H26N4O8/c1-15(31)7-27-9-19-3-17(5-21(25(19)37)11-29-13-23(33)34)18-4-20(10-28-8-16(2)32)26(38)22(6-18)12-30-14-24(35)36/h3-6,9-12,31-32,37-38H,1-2,7-8,13-14H2,(H,33,34)(H,35,36). The van der Waals surface area contributed by atoms with E-state index in [-0.39, 0.29) is 58.4 Å². The normalized spacial score (nSPS) is 11.7. The SMILES string of the molecule is C=C(O)CN=Cc1cc(-c2cc(C=NCC(=C)O)c(O)c(C=NCC(=O)O)c2)cc(C=NCC(=O)O)c1O. The number of phenolic OH excluding ortho intramolecular Hbond substituents is 2. The fourth-order valence-electron chi connectivity index (χ4n) is 3.03. The van der Waals surface area contributed by atoms with Crippen LogP contribution < -0.4 is 0 Å². The van der Waals surface area contributed by atoms with E-state index in [1.54, 1.807) is 12.1 Å². The molecule has 0 aliphatic rings. The predicted octanol–water partition coefficient (Wildman–Crippen LogP) is 2.75. The lowest BCUT2D eigenvalue weighted by molar-refractivity contribution is -0.136. The number of hydrogen-bond donors (Lipinski definition) is 6. The monoisotopic (exact) mass is 522 g/mol. The lowest BCUT2D eigenvalue weighted by atomic mass is 9.95. The Morgan fingerprint density at radius 3 is 1.08 bits per heavy atom. The molecule has 12 nitrogen and oxygen atoms in total. The van der Waals surface area contributed by atoms with E-state index < -0.39 is 25.0 Å². The summed E-state index contributed by atoms with van der Waals surface area (Å²) in [7, 11) is 0. The number of carboxylic acid groups (broad SMARTS) is 2. The maximum absolute atomic E-state index is 10.9. The van der Waals surface area contributed by atoms with Crippen molar-refractivity contribution in [3.63, 3.8) is 0 Å². The highest BCUT2D eigenvalue weighted by molar-refractivity contribution is 5.98. The molecule has 0 saturated heterocycles. The minimum atomic E-state index is -1.17. The summed E-state index contributed by atoms with van der Waals surface area (Å²) in [4.78, 5) is 37.3. The number of nitrogens with zero attached hydrogens (tertiary/aromatic N) is 4. The summed E-state index contributed by atoms with van der Waals surface area (Å²) in [5.74, 6) is -3.23. The maximum atomic E-state index is 10.9. The molecule has 0 spiro atoms. The predicted molar refractivity (Wildman–Crippen MR) is 144 cm³/mol. The van der Waals surface area contributed by atoms with Crippen LogP contribution in [-0.4, -0.2) is 93.6 Å². The van der Waals surface area contributed by atoms with Crippen molar-refractivity contribution < 1.29 is 40.2 Å². The number of aromatic hydroxyl groups is 2. The number of aliphatic carboxylic acids is 2. The summed E-state index contributed by atoms with van der Waals surface area (Å²) in [6.07, 6.45) is 4.94. The van der Waals surface area contributed by atoms with Gasteiger partial charge < -0.3 is 30.6 Å². The Morgan fingerprint density at radius 2 is 0.842 bits per heavy atom. The molecule has 2 aromatic rings. The van der Waals surface area contributed by atoms with Crippen LogP contribution in [0.4, 0.5) is 0 Å². The third kappa shape index (κ3) is 9.07. The van der Waals surface area contributed by atoms with Crippen molar-refractivity contribution in [2.75, 3.05) is 26.2 Å². The molecule has 2 rings (SSSR count). The zero-order chi connectivity index (χ0) is 28.2. The largest absolute Gasteiger partial charge is 0.511 e. The topological polar surface area (TPSA) is 205 Å². The van der Waals surface area contributed by atoms with E-state index in [1.165, 1.54) is 37.0 Å². The first-order chi connectivity index (χ1) is 18.0. The summed E-state index contributed by atoms with van der Waals surface area (Å²) in [6.45, 7) is 5.39. The van der Waals surface area contributed by atoms with Crippen LogP contribution in [0.5, 0.6) is 11.5 Å². The van der Waals surface area contributed by atoms with Crippen LogP contribution in [0.3, 0.4) is 0 Å². The highest BCUT2D eigenvalue weighted by Gasteiger charge is 2.14. The number of rotatable bonds is 13. The van der Waals surface area contributed by atoms with Gasteiger partial charge in [0.15, 0.2) is 0 Å². The first-order valence-corrected chi connectivity index (χ1v) is 10.9. The minimum Gasteiger partial charge on any atom is -0.511 e. The zero-order valence-electron chi connectivity index (χ0n) is 20.2. The van der Waals surface area contributed by atoms with Crippen molar-refractivity contribution in [2.24, 2.45) is 20.0 Å². The molecule has 0 fully saturated rings. The average molecular weight is 523 g/mol. The van der Waals surface area contributed by atoms with Gasteiger partial charge in [-0.25, -0.2) is 0 Å². The van der Waals surface area contributed by atoms with Gasteiger partial charge in [0.2, 0.25) is 0 Å². The Kier molecular flexibility index (Phi) is 10.5. The van der Waals surface area contributed by atoms with Crippen LogP contribution in [0.2, 0.25) is 0 Å². The molecule has 0 aliphatic heterocycles. The Morgan fingerprint density at radius 1 is 0.579 bits per heavy atom. The number of benzene rings is 2. The molecular weight excluding hydrogens is 496 g/mol. The van der Waals surface area contributed by atoms with Crippen LogP contribution in [0.15, 0.2) is 68.9 Å². The Hall–Kier alpha value is -5.26. The second-order valence-electron chi connectivity index (χ2n) is 7.81. The molecule has 0 atom stereocenters. The highest BCUT2D eigenvalue weighted by atomic mass is 16.4. The molecule has 0 aromatic heterocycles. The number of carbonyl (C=O) groups is 2. The molecule has 0 bridgehead atoms. The summed E-state index contributed by atoms with van der Waals surface area (Å²) in [6, 6.07) is 6.14. The molecule has 0 heterocycles. The first-order valence-electron chi connectivity index (χ1n) is 10.9. The summed E-state index contributed by atoms with van der Waals surface area (Å²) >= 11 is 0. The van der Waals surface area contributed by atoms with Gasteiger partial charge in [0, 0.05) is 47.1 Å². The fourth-order valence-corrected chi connectivity index (χ4v) is 3.03. The number of hydrogen-bond acceptors (Lipinski definition) is 10. The van der Waals surface area contributed by atoms with Crippen LogP contribution in [0.25, 0.3) is 11.1 Å². The van der Waals surface area contributed by atoms with Gasteiger partial charge in [-0.05, 0) is 35.4 Å². The second-order valence-corrected chi connectivity index (χ2v) is 7.81. The molecular formula is C26H26N4O8. The lowest BCUT2D eigenvalue weighted by Gasteiger charge is -2.12. The van der Waals surface area contributed by atoms with E-state index in [9.17, 15) is 30.0 Å². The van der Waals surface area contributed by atoms with Crippen molar-refractivity contribution in [3.8, 4) is 22.6 Å². The van der Waals surface area contributed by atoms with Crippen molar-refractivity contribution in [2.45, 2.75) is 0 Å². The third-order valence-corrected chi connectivity index (χ3v) is 4.59. The molecule has 198 valence electrons. The quantitative estimate of drug-likeness (QED) is 0.170. The first kappa shape index (κ1) is 29.0. The van der Waals surface area contributed by atoms with E-state index in [0.29, 0.717) is 11.1 Å². The van der Waals surface area contributed by atoms with E-state index in [4.69, 9.17) is 10.2 Å². The molecule has 0 unspecified atom stereocenters. The Bertz CT molecular complexity index is 1160. The Labute approximate surface area is 217 Å². The molecule has 0 amide bonds. The van der Waals surface area contributed by atoms with Crippen molar-refractivity contribution in [1.29, 1.82) is 0 Å². The molecule has 0 saturated carbocycles. The van der Waals surface area contributed by atoms with E-state index in [1.807, 2.05) is 0 Å². The van der Waals surface area contributed by atoms with Crippen molar-refractivity contribution in [1.82, 2.24) is 0 Å². The van der Waals surface area contributed by atoms with Crippen molar-refractivity contribution in [3.05, 3.63) is 71.2 Å². The smallest absolute Gasteiger partial charge is 0.325 e. The number of aliphatic imine (C=N–C) groups is 4. The van der Waals surface area contributed by atoms with Crippen LogP contribution in [-0.2, 0) is 9.59 Å². The number of aliphatic hydroxyl groups excluding tert-OH is 2. The van der Waals surface area contributed by atoms with E-state index >= 15 is 0 Å². The number of aliphatic hydroxyl groups is 2. The van der Waals surface area contributed by atoms with Crippen LogP contribution >= 0.6 is 0 Å². The van der Waals surface area contributed by atoms with Crippen molar-refractivity contribution >= 4 is 36.8 Å². The fraction of sp³-hybridized carbons (Fsp3) is 0.154. The van der Waals surface area contributed by atoms with Gasteiger partial charge in [0.1, 0.15) is 36.1 Å². The molecule has 12 heteroatoms. The van der Waals surface area contributed by atoms with Gasteiger partial charge in [0.05, 0.1) is 13.1 Å². The average Bonchev–Trinajstić information content (AvgIpc) is 2.82. The van der Waals surface area contributed by atoms with Gasteiger partial charge in [-0.2, -0.15) is 0 Å². The van der Waals surface area contributed by atoms with Crippen LogP contribution in [0.1, 0.15) is 22.3 Å². The summed E-state index contributed by atoms with van der Waals surface area (Å²) in [5.41, 5.74) is 1.68. The van der Waals surface area contributed by atoms with Gasteiger partial charge in [0.25, 0.3) is 0 Å². The maximum Gasteiger partial charge on any atom is 0.325 e. The highest BCUT2D eigenvalue weighted by Crippen LogP contribution is 2.33. The summed E-state index contributed by atoms with van der Waals surface area (Å²) in [5, 5.41) is 57.7. The number of carboxylic acids is 2. The molecule has 0 radical (unpaired) electrons.